The summed E-state index contributed by atoms with van der Waals surface area (Å²) in [6.45, 7) is 0. The Morgan fingerprint density at radius 2 is 1.86 bits per heavy atom. The predicted octanol–water partition coefficient (Wildman–Crippen LogP) is 0.484. The maximum Gasteiger partial charge on any atom is 0.241 e. The molecule has 0 heterocycles. The first-order chi connectivity index (χ1) is 6.38. The van der Waals surface area contributed by atoms with Crippen molar-refractivity contribution >= 4 is 10.0 Å². The van der Waals surface area contributed by atoms with Gasteiger partial charge < -0.3 is 0 Å². The van der Waals surface area contributed by atoms with Crippen LogP contribution in [0.15, 0.2) is 17.0 Å². The molecule has 0 aromatic heterocycles. The first-order valence-electron chi connectivity index (χ1n) is 3.29. The van der Waals surface area contributed by atoms with Gasteiger partial charge in [-0.3, -0.25) is 0 Å². The van der Waals surface area contributed by atoms with Gasteiger partial charge in [0.15, 0.2) is 11.6 Å². The average molecular weight is 218 g/mol. The first kappa shape index (κ1) is 10.6. The van der Waals surface area contributed by atoms with Crippen molar-refractivity contribution in [3.63, 3.8) is 0 Å². The topological polar surface area (TPSA) is 83.9 Å². The van der Waals surface area contributed by atoms with Crippen LogP contribution in [-0.2, 0) is 10.0 Å². The van der Waals surface area contributed by atoms with Crippen LogP contribution >= 0.6 is 0 Å². The third-order valence-electron chi connectivity index (χ3n) is 1.47. The summed E-state index contributed by atoms with van der Waals surface area (Å²) in [5.74, 6) is -3.15. The van der Waals surface area contributed by atoms with Crippen molar-refractivity contribution in [1.29, 1.82) is 5.26 Å². The lowest BCUT2D eigenvalue weighted by Crippen LogP contribution is -2.15. The quantitative estimate of drug-likeness (QED) is 0.744. The molecule has 0 atom stereocenters. The van der Waals surface area contributed by atoms with Crippen LogP contribution in [0.3, 0.4) is 0 Å². The second kappa shape index (κ2) is 3.32. The van der Waals surface area contributed by atoms with Crippen molar-refractivity contribution in [2.45, 2.75) is 4.90 Å². The van der Waals surface area contributed by atoms with Crippen LogP contribution in [0.25, 0.3) is 0 Å². The summed E-state index contributed by atoms with van der Waals surface area (Å²) in [7, 11) is -4.31. The summed E-state index contributed by atoms with van der Waals surface area (Å²) in [5, 5.41) is 12.9. The Morgan fingerprint density at radius 3 is 2.29 bits per heavy atom. The molecule has 4 nitrogen and oxygen atoms in total. The van der Waals surface area contributed by atoms with Crippen molar-refractivity contribution in [3.8, 4) is 6.07 Å². The molecule has 0 aliphatic heterocycles. The Morgan fingerprint density at radius 1 is 1.29 bits per heavy atom. The van der Waals surface area contributed by atoms with Crippen LogP contribution in [0.2, 0.25) is 0 Å². The molecule has 0 spiro atoms. The van der Waals surface area contributed by atoms with Crippen LogP contribution in [0.1, 0.15) is 5.56 Å². The monoisotopic (exact) mass is 218 g/mol. The summed E-state index contributed by atoms with van der Waals surface area (Å²) in [6, 6.07) is 2.95. The van der Waals surface area contributed by atoms with Crippen LogP contribution < -0.4 is 5.14 Å². The summed E-state index contributed by atoms with van der Waals surface area (Å²) in [6.07, 6.45) is 0. The Balaban J connectivity index is 3.57. The fourth-order valence-corrected chi connectivity index (χ4v) is 1.43. The SMILES string of the molecule is N#Cc1ccc(S(N)(=O)=O)c(F)c1F. The number of halogens is 2. The van der Waals surface area contributed by atoms with E-state index in [0.29, 0.717) is 0 Å². The first-order valence-corrected chi connectivity index (χ1v) is 4.83. The Labute approximate surface area is 78.6 Å². The van der Waals surface area contributed by atoms with Crippen molar-refractivity contribution in [1.82, 2.24) is 0 Å². The zero-order chi connectivity index (χ0) is 10.9. The zero-order valence-electron chi connectivity index (χ0n) is 6.66. The van der Waals surface area contributed by atoms with E-state index in [0.717, 1.165) is 12.1 Å². The van der Waals surface area contributed by atoms with Crippen molar-refractivity contribution in [3.05, 3.63) is 29.3 Å². The van der Waals surface area contributed by atoms with E-state index >= 15 is 0 Å². The predicted molar refractivity (Wildman–Crippen MR) is 42.4 cm³/mol. The highest BCUT2D eigenvalue weighted by molar-refractivity contribution is 7.89. The molecule has 74 valence electrons. The molecule has 14 heavy (non-hydrogen) atoms. The lowest BCUT2D eigenvalue weighted by molar-refractivity contribution is 0.483. The van der Waals surface area contributed by atoms with Gasteiger partial charge in [0.05, 0.1) is 5.56 Å². The van der Waals surface area contributed by atoms with Crippen LogP contribution in [-0.4, -0.2) is 8.42 Å². The van der Waals surface area contributed by atoms with E-state index in [9.17, 15) is 17.2 Å². The maximum absolute atomic E-state index is 13.0. The largest absolute Gasteiger partial charge is 0.241 e. The fraction of sp³-hybridized carbons (Fsp3) is 0. The number of nitrogens with two attached hydrogens (primary N) is 1. The number of nitrogens with zero attached hydrogens (tertiary/aromatic N) is 1. The molecule has 0 fully saturated rings. The molecule has 1 rings (SSSR count). The minimum absolute atomic E-state index is 0.574. The Hall–Kier alpha value is -1.52. The van der Waals surface area contributed by atoms with Crippen molar-refractivity contribution < 1.29 is 17.2 Å². The molecular weight excluding hydrogens is 214 g/mol. The number of benzene rings is 1. The van der Waals surface area contributed by atoms with Gasteiger partial charge in [0.2, 0.25) is 10.0 Å². The van der Waals surface area contributed by atoms with Crippen LogP contribution in [0.4, 0.5) is 8.78 Å². The van der Waals surface area contributed by atoms with E-state index in [1.165, 1.54) is 6.07 Å². The van der Waals surface area contributed by atoms with E-state index in [1.807, 2.05) is 0 Å². The molecule has 0 aliphatic rings. The van der Waals surface area contributed by atoms with E-state index < -0.39 is 32.1 Å². The van der Waals surface area contributed by atoms with Crippen molar-refractivity contribution in [2.24, 2.45) is 5.14 Å². The Bertz CT molecular complexity index is 519. The van der Waals surface area contributed by atoms with E-state index in [1.54, 1.807) is 0 Å². The van der Waals surface area contributed by atoms with Gasteiger partial charge in [-0.1, -0.05) is 0 Å². The molecule has 0 unspecified atom stereocenters. The third kappa shape index (κ3) is 1.71. The van der Waals surface area contributed by atoms with E-state index in [4.69, 9.17) is 5.26 Å². The second-order valence-electron chi connectivity index (χ2n) is 2.40. The summed E-state index contributed by atoms with van der Waals surface area (Å²) < 4.78 is 47.2. The minimum Gasteiger partial charge on any atom is -0.225 e. The molecule has 0 bridgehead atoms. The Kier molecular flexibility index (Phi) is 2.51. The molecule has 1 aromatic carbocycles. The number of primary sulfonamides is 1. The van der Waals surface area contributed by atoms with Gasteiger partial charge in [0.25, 0.3) is 0 Å². The molecule has 1 aromatic rings. The number of sulfonamides is 1. The van der Waals surface area contributed by atoms with Gasteiger partial charge in [-0.15, -0.1) is 0 Å². The molecule has 0 amide bonds. The van der Waals surface area contributed by atoms with Gasteiger partial charge in [-0.05, 0) is 12.1 Å². The molecular formula is C7H4F2N2O2S. The van der Waals surface area contributed by atoms with E-state index in [-0.39, 0.29) is 0 Å². The fourth-order valence-electron chi connectivity index (χ4n) is 0.838. The summed E-state index contributed by atoms with van der Waals surface area (Å²) in [4.78, 5) is -0.964. The molecule has 2 N–H and O–H groups in total. The molecule has 0 saturated heterocycles. The molecule has 7 heteroatoms. The minimum atomic E-state index is -4.31. The number of rotatable bonds is 1. The highest BCUT2D eigenvalue weighted by Crippen LogP contribution is 2.18. The zero-order valence-corrected chi connectivity index (χ0v) is 7.48. The maximum atomic E-state index is 13.0. The van der Waals surface area contributed by atoms with Gasteiger partial charge in [-0.2, -0.15) is 5.26 Å². The molecule has 0 radical (unpaired) electrons. The number of nitriles is 1. The van der Waals surface area contributed by atoms with Crippen LogP contribution in [0.5, 0.6) is 0 Å². The van der Waals surface area contributed by atoms with Crippen LogP contribution in [0, 0.1) is 23.0 Å². The molecule has 0 saturated carbocycles. The normalized spacial score (nSPS) is 11.0. The summed E-state index contributed by atoms with van der Waals surface area (Å²) >= 11 is 0. The van der Waals surface area contributed by atoms with E-state index in [2.05, 4.69) is 5.14 Å². The van der Waals surface area contributed by atoms with Gasteiger partial charge >= 0.3 is 0 Å². The molecule has 0 aliphatic carbocycles. The standard InChI is InChI=1S/C7H4F2N2O2S/c8-6-4(3-10)1-2-5(7(6)9)14(11,12)13/h1-2H,(H2,11,12,13). The highest BCUT2D eigenvalue weighted by atomic mass is 32.2. The number of hydrogen-bond acceptors (Lipinski definition) is 3. The lowest BCUT2D eigenvalue weighted by atomic mass is 10.2. The highest BCUT2D eigenvalue weighted by Gasteiger charge is 2.20. The smallest absolute Gasteiger partial charge is 0.225 e. The van der Waals surface area contributed by atoms with Gasteiger partial charge in [-0.25, -0.2) is 22.3 Å². The third-order valence-corrected chi connectivity index (χ3v) is 2.40. The van der Waals surface area contributed by atoms with Gasteiger partial charge in [0.1, 0.15) is 11.0 Å². The number of hydrogen-bond donors (Lipinski definition) is 1. The average Bonchev–Trinajstić information content (AvgIpc) is 2.07. The van der Waals surface area contributed by atoms with Gasteiger partial charge in [0, 0.05) is 0 Å². The van der Waals surface area contributed by atoms with Crippen molar-refractivity contribution in [2.75, 3.05) is 0 Å². The second-order valence-corrected chi connectivity index (χ2v) is 3.93. The lowest BCUT2D eigenvalue weighted by Gasteiger charge is -2.01. The summed E-state index contributed by atoms with van der Waals surface area (Å²) in [5.41, 5.74) is -0.574.